The van der Waals surface area contributed by atoms with E-state index < -0.39 is 39.1 Å². The number of aliphatic carboxylic acids is 1. The minimum Gasteiger partial charge on any atom is -0.478 e. The van der Waals surface area contributed by atoms with E-state index in [2.05, 4.69) is 0 Å². The maximum absolute atomic E-state index is 12.1. The molecule has 0 bridgehead atoms. The minimum atomic E-state index is -2.34. The lowest BCUT2D eigenvalue weighted by Gasteiger charge is -2.39. The SMILES string of the molecule is CC(C)(C)[Si](C)(C)O[C@@H](CO)[C@@H](OC(=O)c1ccccc1)C(=O)O. The monoisotopic (exact) mass is 354 g/mol. The summed E-state index contributed by atoms with van der Waals surface area (Å²) in [4.78, 5) is 23.7. The summed E-state index contributed by atoms with van der Waals surface area (Å²) in [7, 11) is -2.34. The van der Waals surface area contributed by atoms with E-state index in [1.54, 1.807) is 18.2 Å². The quantitative estimate of drug-likeness (QED) is 0.578. The lowest BCUT2D eigenvalue weighted by molar-refractivity contribution is -0.154. The number of rotatable bonds is 7. The van der Waals surface area contributed by atoms with Crippen LogP contribution < -0.4 is 0 Å². The number of carboxylic acid groups (broad SMARTS) is 1. The summed E-state index contributed by atoms with van der Waals surface area (Å²) in [5, 5.41) is 18.8. The van der Waals surface area contributed by atoms with Gasteiger partial charge in [0.1, 0.15) is 6.10 Å². The van der Waals surface area contributed by atoms with Crippen molar-refractivity contribution < 1.29 is 29.0 Å². The van der Waals surface area contributed by atoms with E-state index >= 15 is 0 Å². The molecular weight excluding hydrogens is 328 g/mol. The third kappa shape index (κ3) is 5.15. The summed E-state index contributed by atoms with van der Waals surface area (Å²) in [6.45, 7) is 9.32. The molecule has 0 radical (unpaired) electrons. The average Bonchev–Trinajstić information content (AvgIpc) is 2.49. The molecule has 0 aromatic heterocycles. The first kappa shape index (κ1) is 20.3. The van der Waals surface area contributed by atoms with Crippen LogP contribution in [0, 0.1) is 0 Å². The number of esters is 1. The van der Waals surface area contributed by atoms with Crippen LogP contribution in [0.1, 0.15) is 31.1 Å². The highest BCUT2D eigenvalue weighted by Gasteiger charge is 2.43. The molecule has 134 valence electrons. The number of aliphatic hydroxyl groups excluding tert-OH is 1. The molecular formula is C17H26O6Si. The van der Waals surface area contributed by atoms with Crippen LogP contribution in [0.4, 0.5) is 0 Å². The highest BCUT2D eigenvalue weighted by atomic mass is 28.4. The lowest BCUT2D eigenvalue weighted by atomic mass is 10.2. The highest BCUT2D eigenvalue weighted by molar-refractivity contribution is 6.74. The fourth-order valence-electron chi connectivity index (χ4n) is 1.79. The van der Waals surface area contributed by atoms with Crippen molar-refractivity contribution >= 4 is 20.3 Å². The van der Waals surface area contributed by atoms with Crippen LogP contribution in [-0.2, 0) is 14.0 Å². The van der Waals surface area contributed by atoms with Crippen LogP contribution >= 0.6 is 0 Å². The number of carbonyl (C=O) groups excluding carboxylic acids is 1. The van der Waals surface area contributed by atoms with E-state index in [4.69, 9.17) is 9.16 Å². The van der Waals surface area contributed by atoms with Gasteiger partial charge in [0.05, 0.1) is 12.2 Å². The topological polar surface area (TPSA) is 93.1 Å². The number of aliphatic hydroxyl groups is 1. The van der Waals surface area contributed by atoms with E-state index in [-0.39, 0.29) is 10.6 Å². The normalized spacial score (nSPS) is 14.8. The van der Waals surface area contributed by atoms with Crippen molar-refractivity contribution in [3.63, 3.8) is 0 Å². The molecule has 24 heavy (non-hydrogen) atoms. The van der Waals surface area contributed by atoms with Gasteiger partial charge >= 0.3 is 11.9 Å². The molecule has 0 aliphatic heterocycles. The van der Waals surface area contributed by atoms with Crippen molar-refractivity contribution in [3.05, 3.63) is 35.9 Å². The molecule has 0 unspecified atom stereocenters. The van der Waals surface area contributed by atoms with Crippen LogP contribution in [0.15, 0.2) is 30.3 Å². The smallest absolute Gasteiger partial charge is 0.347 e. The molecule has 1 aromatic rings. The fourth-order valence-corrected chi connectivity index (χ4v) is 3.10. The Labute approximate surface area is 143 Å². The first-order valence-corrected chi connectivity index (χ1v) is 10.7. The molecule has 7 heteroatoms. The first-order chi connectivity index (χ1) is 11.0. The molecule has 0 spiro atoms. The summed E-state index contributed by atoms with van der Waals surface area (Å²) in [6, 6.07) is 8.11. The molecule has 2 N–H and O–H groups in total. The molecule has 0 fully saturated rings. The van der Waals surface area contributed by atoms with Crippen molar-refractivity contribution in [1.29, 1.82) is 0 Å². The van der Waals surface area contributed by atoms with E-state index in [0.717, 1.165) is 0 Å². The van der Waals surface area contributed by atoms with Crippen molar-refractivity contribution in [1.82, 2.24) is 0 Å². The molecule has 0 heterocycles. The molecule has 6 nitrogen and oxygen atoms in total. The average molecular weight is 354 g/mol. The molecule has 0 saturated heterocycles. The Morgan fingerprint density at radius 1 is 1.17 bits per heavy atom. The minimum absolute atomic E-state index is 0.174. The third-order valence-corrected chi connectivity index (χ3v) is 8.76. The van der Waals surface area contributed by atoms with Crippen LogP contribution in [0.2, 0.25) is 18.1 Å². The summed E-state index contributed by atoms with van der Waals surface area (Å²) in [6.07, 6.45) is -2.69. The predicted molar refractivity (Wildman–Crippen MR) is 92.4 cm³/mol. The van der Waals surface area contributed by atoms with Crippen molar-refractivity contribution in [2.24, 2.45) is 0 Å². The van der Waals surface area contributed by atoms with Gasteiger partial charge in [0, 0.05) is 0 Å². The maximum atomic E-state index is 12.1. The zero-order valence-corrected chi connectivity index (χ0v) is 15.8. The van der Waals surface area contributed by atoms with Gasteiger partial charge in [-0.15, -0.1) is 0 Å². The molecule has 1 aromatic carbocycles. The fraction of sp³-hybridized carbons (Fsp3) is 0.529. The molecule has 0 amide bonds. The van der Waals surface area contributed by atoms with Gasteiger partial charge in [-0.2, -0.15) is 0 Å². The number of hydrogen-bond acceptors (Lipinski definition) is 5. The van der Waals surface area contributed by atoms with Gasteiger partial charge in [0.25, 0.3) is 0 Å². The van der Waals surface area contributed by atoms with Gasteiger partial charge in [-0.3, -0.25) is 0 Å². The van der Waals surface area contributed by atoms with Gasteiger partial charge < -0.3 is 19.4 Å². The van der Waals surface area contributed by atoms with Gasteiger partial charge in [-0.05, 0) is 30.3 Å². The standard InChI is InChI=1S/C17H26O6Si/c1-17(2,3)24(4,5)23-13(11-18)14(15(19)20)22-16(21)12-9-7-6-8-10-12/h6-10,13-14,18H,11H2,1-5H3,(H,19,20)/t13-,14+/m0/s1. The number of benzene rings is 1. The Kier molecular flexibility index (Phi) is 6.71. The van der Waals surface area contributed by atoms with E-state index in [0.29, 0.717) is 0 Å². The number of ether oxygens (including phenoxy) is 1. The van der Waals surface area contributed by atoms with Crippen LogP contribution in [0.5, 0.6) is 0 Å². The van der Waals surface area contributed by atoms with Crippen LogP contribution in [0.3, 0.4) is 0 Å². The van der Waals surface area contributed by atoms with Crippen molar-refractivity contribution in [2.75, 3.05) is 6.61 Å². The predicted octanol–water partition coefficient (Wildman–Crippen LogP) is 2.68. The molecule has 0 saturated carbocycles. The Hall–Kier alpha value is -1.70. The number of carboxylic acids is 1. The zero-order valence-electron chi connectivity index (χ0n) is 14.8. The lowest BCUT2D eigenvalue weighted by Crippen LogP contribution is -2.51. The number of carbonyl (C=O) groups is 2. The molecule has 0 aliphatic carbocycles. The Morgan fingerprint density at radius 3 is 2.12 bits per heavy atom. The van der Waals surface area contributed by atoms with Gasteiger partial charge in [-0.1, -0.05) is 39.0 Å². The maximum Gasteiger partial charge on any atom is 0.347 e. The van der Waals surface area contributed by atoms with Gasteiger partial charge in [0.2, 0.25) is 6.10 Å². The first-order valence-electron chi connectivity index (χ1n) is 7.77. The third-order valence-electron chi connectivity index (χ3n) is 4.26. The van der Waals surface area contributed by atoms with Crippen LogP contribution in [0.25, 0.3) is 0 Å². The van der Waals surface area contributed by atoms with E-state index in [1.165, 1.54) is 12.1 Å². The Balaban J connectivity index is 2.96. The molecule has 1 rings (SSSR count). The summed E-state index contributed by atoms with van der Waals surface area (Å²) in [5.74, 6) is -2.11. The molecule has 2 atom stereocenters. The molecule has 0 aliphatic rings. The second-order valence-corrected chi connectivity index (χ2v) is 11.9. The number of hydrogen-bond donors (Lipinski definition) is 2. The summed E-state index contributed by atoms with van der Waals surface area (Å²) in [5.41, 5.74) is 0.243. The summed E-state index contributed by atoms with van der Waals surface area (Å²) < 4.78 is 11.1. The zero-order chi connectivity index (χ0) is 18.5. The Morgan fingerprint density at radius 2 is 1.71 bits per heavy atom. The summed E-state index contributed by atoms with van der Waals surface area (Å²) >= 11 is 0. The van der Waals surface area contributed by atoms with Gasteiger partial charge in [0.15, 0.2) is 8.32 Å². The highest BCUT2D eigenvalue weighted by Crippen LogP contribution is 2.37. The van der Waals surface area contributed by atoms with Gasteiger partial charge in [-0.25, -0.2) is 9.59 Å². The second-order valence-electron chi connectivity index (χ2n) is 7.13. The van der Waals surface area contributed by atoms with Crippen molar-refractivity contribution in [2.45, 2.75) is 51.1 Å². The van der Waals surface area contributed by atoms with Crippen LogP contribution in [-0.4, -0.2) is 49.3 Å². The van der Waals surface area contributed by atoms with E-state index in [9.17, 15) is 19.8 Å². The van der Waals surface area contributed by atoms with Crippen molar-refractivity contribution in [3.8, 4) is 0 Å². The van der Waals surface area contributed by atoms with E-state index in [1.807, 2.05) is 33.9 Å². The largest absolute Gasteiger partial charge is 0.478 e. The second kappa shape index (κ2) is 7.91. The Bertz CT molecular complexity index is 564.